The molecule has 25 heavy (non-hydrogen) atoms. The Morgan fingerprint density at radius 3 is 1.96 bits per heavy atom. The first-order valence-electron chi connectivity index (χ1n) is 8.57. The summed E-state index contributed by atoms with van der Waals surface area (Å²) in [4.78, 5) is 25.3. The lowest BCUT2D eigenvalue weighted by molar-refractivity contribution is -0.140. The fourth-order valence-electron chi connectivity index (χ4n) is 2.82. The predicted octanol–water partition coefficient (Wildman–Crippen LogP) is 3.42. The highest BCUT2D eigenvalue weighted by Gasteiger charge is 2.39. The lowest BCUT2D eigenvalue weighted by Crippen LogP contribution is -2.32. The molecule has 0 amide bonds. The van der Waals surface area contributed by atoms with Crippen molar-refractivity contribution < 1.29 is 23.5 Å². The van der Waals surface area contributed by atoms with Crippen LogP contribution in [0.2, 0.25) is 0 Å². The molecule has 0 bridgehead atoms. The summed E-state index contributed by atoms with van der Waals surface area (Å²) < 4.78 is 16.2. The number of carbonyl (C=O) groups excluding carboxylic acids is 2. The highest BCUT2D eigenvalue weighted by Crippen LogP contribution is 2.39. The number of rotatable bonds is 7. The second-order valence-corrected chi connectivity index (χ2v) is 5.92. The Kier molecular flexibility index (Phi) is 6.44. The summed E-state index contributed by atoms with van der Waals surface area (Å²) in [6.45, 7) is 8.06. The summed E-state index contributed by atoms with van der Waals surface area (Å²) in [5.41, 5.74) is 2.04. The molecule has 1 aliphatic heterocycles. The Bertz CT molecular complexity index is 643. The zero-order valence-corrected chi connectivity index (χ0v) is 15.2. The van der Waals surface area contributed by atoms with Crippen LogP contribution in [0.4, 0.5) is 0 Å². The first-order chi connectivity index (χ1) is 12.0. The second-order valence-electron chi connectivity index (χ2n) is 5.92. The molecule has 0 aliphatic carbocycles. The van der Waals surface area contributed by atoms with E-state index in [0.717, 1.165) is 12.8 Å². The van der Waals surface area contributed by atoms with Crippen LogP contribution < -0.4 is 5.32 Å². The summed E-state index contributed by atoms with van der Waals surface area (Å²) in [5, 5.41) is 3.10. The number of hydrogen-bond donors (Lipinski definition) is 1. The number of ether oxygens (including phenoxy) is 2. The molecule has 0 spiro atoms. The van der Waals surface area contributed by atoms with Crippen LogP contribution in [0.15, 0.2) is 45.4 Å². The lowest BCUT2D eigenvalue weighted by atomic mass is 9.83. The van der Waals surface area contributed by atoms with E-state index in [9.17, 15) is 9.59 Å². The number of carbonyl (C=O) groups is 2. The monoisotopic (exact) mass is 347 g/mol. The molecule has 1 aliphatic rings. The van der Waals surface area contributed by atoms with E-state index in [0.29, 0.717) is 41.5 Å². The Morgan fingerprint density at radius 1 is 1.04 bits per heavy atom. The molecular formula is C19H25NO5. The molecule has 6 heteroatoms. The van der Waals surface area contributed by atoms with Crippen molar-refractivity contribution in [2.75, 3.05) is 13.2 Å². The predicted molar refractivity (Wildman–Crippen MR) is 92.5 cm³/mol. The molecule has 1 aromatic heterocycles. The van der Waals surface area contributed by atoms with Crippen molar-refractivity contribution in [3.05, 3.63) is 46.7 Å². The Balaban J connectivity index is 2.46. The van der Waals surface area contributed by atoms with Crippen LogP contribution >= 0.6 is 0 Å². The van der Waals surface area contributed by atoms with Gasteiger partial charge in [-0.3, -0.25) is 0 Å². The second kappa shape index (κ2) is 8.55. The van der Waals surface area contributed by atoms with Gasteiger partial charge in [-0.25, -0.2) is 9.59 Å². The number of nitrogens with one attached hydrogen (secondary N) is 1. The topological polar surface area (TPSA) is 77.8 Å². The van der Waals surface area contributed by atoms with Crippen molar-refractivity contribution in [1.29, 1.82) is 0 Å². The molecule has 0 aromatic carbocycles. The molecule has 6 nitrogen and oxygen atoms in total. The van der Waals surface area contributed by atoms with Gasteiger partial charge in [0.15, 0.2) is 0 Å². The van der Waals surface area contributed by atoms with Crippen LogP contribution in [0.3, 0.4) is 0 Å². The molecule has 1 N–H and O–H groups in total. The Morgan fingerprint density at radius 2 is 1.56 bits per heavy atom. The van der Waals surface area contributed by atoms with Crippen LogP contribution in [0.5, 0.6) is 0 Å². The van der Waals surface area contributed by atoms with Crippen molar-refractivity contribution in [2.24, 2.45) is 0 Å². The molecule has 0 radical (unpaired) electrons. The average Bonchev–Trinajstić information content (AvgIpc) is 3.11. The third-order valence-corrected chi connectivity index (χ3v) is 3.90. The zero-order valence-electron chi connectivity index (χ0n) is 15.2. The van der Waals surface area contributed by atoms with E-state index >= 15 is 0 Å². The number of furan rings is 1. The van der Waals surface area contributed by atoms with Crippen molar-refractivity contribution in [1.82, 2.24) is 5.32 Å². The minimum Gasteiger partial charge on any atom is -0.468 e. The molecule has 0 unspecified atom stereocenters. The fraction of sp³-hybridized carbons (Fsp3) is 0.474. The first-order valence-corrected chi connectivity index (χ1v) is 8.57. The van der Waals surface area contributed by atoms with E-state index in [4.69, 9.17) is 13.9 Å². The van der Waals surface area contributed by atoms with Gasteiger partial charge >= 0.3 is 11.9 Å². The van der Waals surface area contributed by atoms with Gasteiger partial charge < -0.3 is 19.2 Å². The summed E-state index contributed by atoms with van der Waals surface area (Å²) in [7, 11) is 0. The van der Waals surface area contributed by atoms with E-state index in [2.05, 4.69) is 5.32 Å². The van der Waals surface area contributed by atoms with Crippen molar-refractivity contribution in [3.63, 3.8) is 0 Å². The Hall–Kier alpha value is -2.50. The number of esters is 2. The van der Waals surface area contributed by atoms with Crippen LogP contribution in [-0.2, 0) is 19.1 Å². The summed E-state index contributed by atoms with van der Waals surface area (Å²) in [6, 6.07) is 3.47. The van der Waals surface area contributed by atoms with Crippen LogP contribution in [-0.4, -0.2) is 25.2 Å². The number of hydrogen-bond acceptors (Lipinski definition) is 6. The molecule has 1 aromatic rings. The average molecular weight is 347 g/mol. The standard InChI is InChI=1S/C19H25NO5/c1-5-9-24-18(21)15-12(3)20-13(4)16(19(22)25-10-6-2)17(15)14-8-7-11-23-14/h7-8,11,17,20H,5-6,9-10H2,1-4H3. The SMILES string of the molecule is CCCOC(=O)C1=C(C)NC(C)=C(C(=O)OCCC)C1c1ccco1. The van der Waals surface area contributed by atoms with Gasteiger partial charge in [-0.2, -0.15) is 0 Å². The third-order valence-electron chi connectivity index (χ3n) is 3.90. The van der Waals surface area contributed by atoms with Crippen LogP contribution in [0.1, 0.15) is 52.2 Å². The van der Waals surface area contributed by atoms with Gasteiger partial charge in [0.1, 0.15) is 5.76 Å². The minimum atomic E-state index is -0.648. The van der Waals surface area contributed by atoms with Gasteiger partial charge in [0.05, 0.1) is 36.5 Å². The number of dihydropyridines is 1. The van der Waals surface area contributed by atoms with E-state index in [-0.39, 0.29) is 0 Å². The van der Waals surface area contributed by atoms with Crippen LogP contribution in [0.25, 0.3) is 0 Å². The highest BCUT2D eigenvalue weighted by atomic mass is 16.5. The summed E-state index contributed by atoms with van der Waals surface area (Å²) in [5.74, 6) is -1.06. The van der Waals surface area contributed by atoms with E-state index in [1.165, 1.54) is 6.26 Å². The van der Waals surface area contributed by atoms with Gasteiger partial charge in [0.2, 0.25) is 0 Å². The maximum Gasteiger partial charge on any atom is 0.336 e. The van der Waals surface area contributed by atoms with Crippen LogP contribution in [0, 0.1) is 0 Å². The molecule has 2 rings (SSSR count). The molecule has 136 valence electrons. The van der Waals surface area contributed by atoms with E-state index in [1.54, 1.807) is 26.0 Å². The van der Waals surface area contributed by atoms with Gasteiger partial charge in [-0.15, -0.1) is 0 Å². The normalized spacial score (nSPS) is 15.2. The maximum atomic E-state index is 12.6. The largest absolute Gasteiger partial charge is 0.468 e. The van der Waals surface area contributed by atoms with Crippen molar-refractivity contribution >= 4 is 11.9 Å². The van der Waals surface area contributed by atoms with Gasteiger partial charge in [0.25, 0.3) is 0 Å². The first kappa shape index (κ1) is 18.8. The minimum absolute atomic E-state index is 0.318. The molecular weight excluding hydrogens is 322 g/mol. The fourth-order valence-corrected chi connectivity index (χ4v) is 2.82. The smallest absolute Gasteiger partial charge is 0.336 e. The van der Waals surface area contributed by atoms with Gasteiger partial charge in [-0.1, -0.05) is 13.8 Å². The zero-order chi connectivity index (χ0) is 18.4. The summed E-state index contributed by atoms with van der Waals surface area (Å²) >= 11 is 0. The molecule has 2 heterocycles. The molecule has 0 atom stereocenters. The van der Waals surface area contributed by atoms with Gasteiger partial charge in [-0.05, 0) is 38.8 Å². The summed E-state index contributed by atoms with van der Waals surface area (Å²) in [6.07, 6.45) is 2.96. The Labute approximate surface area is 147 Å². The van der Waals surface area contributed by atoms with Crippen molar-refractivity contribution in [2.45, 2.75) is 46.5 Å². The maximum absolute atomic E-state index is 12.6. The molecule has 0 fully saturated rings. The van der Waals surface area contributed by atoms with E-state index < -0.39 is 17.9 Å². The quantitative estimate of drug-likeness (QED) is 0.762. The highest BCUT2D eigenvalue weighted by molar-refractivity contribution is 5.99. The van der Waals surface area contributed by atoms with Gasteiger partial charge in [0, 0.05) is 11.4 Å². The molecule has 0 saturated carbocycles. The molecule has 0 saturated heterocycles. The lowest BCUT2D eigenvalue weighted by Gasteiger charge is -2.29. The number of allylic oxidation sites excluding steroid dienone is 2. The van der Waals surface area contributed by atoms with Crippen molar-refractivity contribution in [3.8, 4) is 0 Å². The third kappa shape index (κ3) is 4.13. The van der Waals surface area contributed by atoms with E-state index in [1.807, 2.05) is 13.8 Å².